The van der Waals surface area contributed by atoms with Crippen molar-refractivity contribution < 1.29 is 24.2 Å². The number of carbonyl (C=O) groups is 2. The minimum atomic E-state index is -0.932. The lowest BCUT2D eigenvalue weighted by Crippen LogP contribution is -2.43. The fourth-order valence-electron chi connectivity index (χ4n) is 2.50. The molecule has 2 atom stereocenters. The highest BCUT2D eigenvalue weighted by Crippen LogP contribution is 2.14. The van der Waals surface area contributed by atoms with Crippen LogP contribution in [-0.2, 0) is 19.1 Å². The van der Waals surface area contributed by atoms with E-state index in [2.05, 4.69) is 10.6 Å². The maximum Gasteiger partial charge on any atom is 0.311 e. The van der Waals surface area contributed by atoms with Crippen molar-refractivity contribution in [1.29, 1.82) is 0 Å². The molecule has 2 fully saturated rings. The predicted molar refractivity (Wildman–Crippen MR) is 70.3 cm³/mol. The topological polar surface area (TPSA) is 96.9 Å². The van der Waals surface area contributed by atoms with Crippen LogP contribution in [0.2, 0.25) is 0 Å². The first-order valence-electron chi connectivity index (χ1n) is 7.09. The summed E-state index contributed by atoms with van der Waals surface area (Å²) in [7, 11) is 0. The van der Waals surface area contributed by atoms with Crippen LogP contribution in [-0.4, -0.2) is 62.0 Å². The van der Waals surface area contributed by atoms with E-state index in [0.717, 1.165) is 25.9 Å². The second-order valence-electron chi connectivity index (χ2n) is 5.23. The van der Waals surface area contributed by atoms with Crippen LogP contribution < -0.4 is 10.6 Å². The smallest absolute Gasteiger partial charge is 0.311 e. The largest absolute Gasteiger partial charge is 0.481 e. The zero-order chi connectivity index (χ0) is 14.4. The van der Waals surface area contributed by atoms with Gasteiger partial charge >= 0.3 is 5.97 Å². The van der Waals surface area contributed by atoms with E-state index in [9.17, 15) is 9.59 Å². The summed E-state index contributed by atoms with van der Waals surface area (Å²) in [5.74, 6) is -1.76. The molecule has 3 N–H and O–H groups in total. The summed E-state index contributed by atoms with van der Waals surface area (Å²) >= 11 is 0. The number of carbonyl (C=O) groups excluding carboxylic acids is 1. The Bertz CT molecular complexity index is 344. The van der Waals surface area contributed by atoms with E-state index < -0.39 is 17.9 Å². The first-order valence-corrected chi connectivity index (χ1v) is 7.09. The zero-order valence-corrected chi connectivity index (χ0v) is 11.5. The second kappa shape index (κ2) is 7.56. The van der Waals surface area contributed by atoms with Crippen LogP contribution in [0, 0.1) is 5.92 Å². The maximum atomic E-state index is 11.8. The first-order chi connectivity index (χ1) is 9.66. The molecule has 0 aromatic rings. The van der Waals surface area contributed by atoms with E-state index in [1.165, 1.54) is 0 Å². The van der Waals surface area contributed by atoms with E-state index >= 15 is 0 Å². The molecule has 20 heavy (non-hydrogen) atoms. The molecule has 114 valence electrons. The lowest BCUT2D eigenvalue weighted by atomic mass is 10.0. The summed E-state index contributed by atoms with van der Waals surface area (Å²) in [6.45, 7) is 2.71. The Hall–Kier alpha value is -1.18. The van der Waals surface area contributed by atoms with Crippen LogP contribution in [0.5, 0.6) is 0 Å². The molecule has 2 saturated heterocycles. The Morgan fingerprint density at radius 1 is 1.30 bits per heavy atom. The molecule has 0 saturated carbocycles. The Morgan fingerprint density at radius 3 is 2.75 bits per heavy atom. The van der Waals surface area contributed by atoms with E-state index in [4.69, 9.17) is 14.6 Å². The molecule has 0 spiro atoms. The SMILES string of the molecule is O=C(CCOC1CCNCC1)NC1COCC1C(=O)O. The van der Waals surface area contributed by atoms with Gasteiger partial charge in [-0.3, -0.25) is 9.59 Å². The van der Waals surface area contributed by atoms with Crippen LogP contribution in [0.3, 0.4) is 0 Å². The molecule has 2 heterocycles. The molecule has 7 heteroatoms. The second-order valence-corrected chi connectivity index (χ2v) is 5.23. The summed E-state index contributed by atoms with van der Waals surface area (Å²) in [5, 5.41) is 14.9. The van der Waals surface area contributed by atoms with E-state index in [0.29, 0.717) is 6.61 Å². The van der Waals surface area contributed by atoms with Gasteiger partial charge < -0.3 is 25.2 Å². The van der Waals surface area contributed by atoms with Gasteiger partial charge in [0.05, 0.1) is 32.0 Å². The molecule has 2 aliphatic rings. The van der Waals surface area contributed by atoms with Crippen molar-refractivity contribution in [2.24, 2.45) is 5.92 Å². The van der Waals surface area contributed by atoms with Crippen molar-refractivity contribution in [3.05, 3.63) is 0 Å². The average Bonchev–Trinajstić information content (AvgIpc) is 2.88. The summed E-state index contributed by atoms with van der Waals surface area (Å²) < 4.78 is 10.7. The third-order valence-electron chi connectivity index (χ3n) is 3.71. The number of amides is 1. The van der Waals surface area contributed by atoms with Gasteiger partial charge in [0, 0.05) is 6.42 Å². The predicted octanol–water partition coefficient (Wildman–Crippen LogP) is -0.639. The number of carboxylic acids is 1. The molecule has 1 amide bonds. The lowest BCUT2D eigenvalue weighted by molar-refractivity contribution is -0.142. The summed E-state index contributed by atoms with van der Waals surface area (Å²) in [5.41, 5.74) is 0. The number of aliphatic carboxylic acids is 1. The Balaban J connectivity index is 1.63. The highest BCUT2D eigenvalue weighted by molar-refractivity contribution is 5.78. The fraction of sp³-hybridized carbons (Fsp3) is 0.846. The summed E-state index contributed by atoms with van der Waals surface area (Å²) in [6.07, 6.45) is 2.43. The first kappa shape index (κ1) is 15.2. The molecule has 0 bridgehead atoms. The highest BCUT2D eigenvalue weighted by atomic mass is 16.5. The van der Waals surface area contributed by atoms with Gasteiger partial charge in [-0.05, 0) is 25.9 Å². The van der Waals surface area contributed by atoms with Gasteiger partial charge in [0.25, 0.3) is 0 Å². The highest BCUT2D eigenvalue weighted by Gasteiger charge is 2.34. The number of piperidine rings is 1. The van der Waals surface area contributed by atoms with Gasteiger partial charge in [-0.2, -0.15) is 0 Å². The molecular weight excluding hydrogens is 264 g/mol. The molecule has 0 radical (unpaired) electrons. The molecule has 7 nitrogen and oxygen atoms in total. The summed E-state index contributed by atoms with van der Waals surface area (Å²) in [4.78, 5) is 22.7. The van der Waals surface area contributed by atoms with Gasteiger partial charge in [-0.1, -0.05) is 0 Å². The van der Waals surface area contributed by atoms with Gasteiger partial charge in [0.2, 0.25) is 5.91 Å². The minimum absolute atomic E-state index is 0.159. The molecule has 0 aromatic heterocycles. The van der Waals surface area contributed by atoms with Crippen LogP contribution in [0.1, 0.15) is 19.3 Å². The van der Waals surface area contributed by atoms with E-state index in [-0.39, 0.29) is 31.6 Å². The van der Waals surface area contributed by atoms with Crippen LogP contribution in [0.25, 0.3) is 0 Å². The Morgan fingerprint density at radius 2 is 2.05 bits per heavy atom. The van der Waals surface area contributed by atoms with Gasteiger partial charge in [-0.15, -0.1) is 0 Å². The van der Waals surface area contributed by atoms with Crippen molar-refractivity contribution in [3.8, 4) is 0 Å². The normalized spacial score (nSPS) is 27.4. The van der Waals surface area contributed by atoms with Crippen LogP contribution >= 0.6 is 0 Å². The average molecular weight is 286 g/mol. The number of nitrogens with one attached hydrogen (secondary N) is 2. The monoisotopic (exact) mass is 286 g/mol. The van der Waals surface area contributed by atoms with Gasteiger partial charge in [-0.25, -0.2) is 0 Å². The number of hydrogen-bond donors (Lipinski definition) is 3. The number of ether oxygens (including phenoxy) is 2. The van der Waals surface area contributed by atoms with Crippen molar-refractivity contribution in [3.63, 3.8) is 0 Å². The van der Waals surface area contributed by atoms with Crippen molar-refractivity contribution in [2.45, 2.75) is 31.4 Å². The Kier molecular flexibility index (Phi) is 5.75. The molecule has 0 aromatic carbocycles. The van der Waals surface area contributed by atoms with Crippen LogP contribution in [0.4, 0.5) is 0 Å². The quantitative estimate of drug-likeness (QED) is 0.601. The van der Waals surface area contributed by atoms with Gasteiger partial charge in [0.15, 0.2) is 0 Å². The third-order valence-corrected chi connectivity index (χ3v) is 3.71. The van der Waals surface area contributed by atoms with Crippen molar-refractivity contribution in [2.75, 3.05) is 32.9 Å². The fourth-order valence-corrected chi connectivity index (χ4v) is 2.50. The third kappa shape index (κ3) is 4.43. The standard InChI is InChI=1S/C13H22N2O5/c16-12(3-6-20-9-1-4-14-5-2-9)15-11-8-19-7-10(11)13(17)18/h9-11,14H,1-8H2,(H,15,16)(H,17,18). The number of hydrogen-bond acceptors (Lipinski definition) is 5. The zero-order valence-electron chi connectivity index (χ0n) is 11.5. The Labute approximate surface area is 118 Å². The molecule has 2 unspecified atom stereocenters. The van der Waals surface area contributed by atoms with Crippen LogP contribution in [0.15, 0.2) is 0 Å². The number of carboxylic acid groups (broad SMARTS) is 1. The number of rotatable bonds is 6. The molecular formula is C13H22N2O5. The molecule has 0 aliphatic carbocycles. The lowest BCUT2D eigenvalue weighted by Gasteiger charge is -2.23. The van der Waals surface area contributed by atoms with Gasteiger partial charge in [0.1, 0.15) is 5.92 Å². The van der Waals surface area contributed by atoms with E-state index in [1.807, 2.05) is 0 Å². The van der Waals surface area contributed by atoms with Crippen molar-refractivity contribution >= 4 is 11.9 Å². The van der Waals surface area contributed by atoms with Crippen molar-refractivity contribution in [1.82, 2.24) is 10.6 Å². The minimum Gasteiger partial charge on any atom is -0.481 e. The maximum absolute atomic E-state index is 11.8. The molecule has 2 rings (SSSR count). The van der Waals surface area contributed by atoms with E-state index in [1.54, 1.807) is 0 Å². The molecule has 2 aliphatic heterocycles. The summed E-state index contributed by atoms with van der Waals surface area (Å²) in [6, 6.07) is -0.432.